The van der Waals surface area contributed by atoms with E-state index in [1.165, 1.54) is 18.2 Å². The van der Waals surface area contributed by atoms with Crippen molar-refractivity contribution in [3.63, 3.8) is 0 Å². The first-order chi connectivity index (χ1) is 9.90. The van der Waals surface area contributed by atoms with Crippen LogP contribution in [0.3, 0.4) is 0 Å². The van der Waals surface area contributed by atoms with Crippen molar-refractivity contribution in [1.29, 1.82) is 0 Å². The molecule has 0 saturated carbocycles. The van der Waals surface area contributed by atoms with Crippen molar-refractivity contribution in [2.45, 2.75) is 25.9 Å². The Morgan fingerprint density at radius 2 is 1.57 bits per heavy atom. The van der Waals surface area contributed by atoms with Crippen molar-refractivity contribution in [2.75, 3.05) is 0 Å². The number of rotatable bonds is 4. The van der Waals surface area contributed by atoms with E-state index in [4.69, 9.17) is 23.2 Å². The maximum Gasteiger partial charge on any atom is 0.130 e. The fraction of sp³-hybridized carbons (Fsp3) is 0.250. The Bertz CT molecular complexity index is 626. The van der Waals surface area contributed by atoms with Crippen LogP contribution in [-0.2, 0) is 0 Å². The van der Waals surface area contributed by atoms with Gasteiger partial charge in [0.15, 0.2) is 0 Å². The van der Waals surface area contributed by atoms with Crippen molar-refractivity contribution < 1.29 is 8.78 Å². The minimum Gasteiger partial charge on any atom is -0.303 e. The Balaban J connectivity index is 2.23. The average Bonchev–Trinajstić information content (AvgIpc) is 2.41. The van der Waals surface area contributed by atoms with E-state index in [2.05, 4.69) is 5.32 Å². The highest BCUT2D eigenvalue weighted by atomic mass is 35.5. The lowest BCUT2D eigenvalue weighted by molar-refractivity contribution is 0.450. The molecule has 0 radical (unpaired) electrons. The minimum absolute atomic E-state index is 0.0162. The van der Waals surface area contributed by atoms with Gasteiger partial charge in [-0.1, -0.05) is 29.3 Å². The molecule has 112 valence electrons. The van der Waals surface area contributed by atoms with Crippen LogP contribution in [0.25, 0.3) is 0 Å². The van der Waals surface area contributed by atoms with Crippen molar-refractivity contribution in [2.24, 2.45) is 0 Å². The number of nitrogens with one attached hydrogen (secondary N) is 1. The lowest BCUT2D eigenvalue weighted by Gasteiger charge is -2.22. The lowest BCUT2D eigenvalue weighted by Crippen LogP contribution is -2.24. The summed E-state index contributed by atoms with van der Waals surface area (Å²) >= 11 is 12.1. The number of hydrogen-bond donors (Lipinski definition) is 1. The fourth-order valence-corrected chi connectivity index (χ4v) is 2.78. The van der Waals surface area contributed by atoms with Gasteiger partial charge in [-0.05, 0) is 49.7 Å². The predicted molar refractivity (Wildman–Crippen MR) is 82.8 cm³/mol. The first-order valence-corrected chi connectivity index (χ1v) is 7.30. The Hall–Kier alpha value is -1.16. The Morgan fingerprint density at radius 3 is 2.19 bits per heavy atom. The molecule has 0 fully saturated rings. The zero-order valence-corrected chi connectivity index (χ0v) is 13.1. The van der Waals surface area contributed by atoms with E-state index < -0.39 is 17.7 Å². The zero-order chi connectivity index (χ0) is 15.6. The van der Waals surface area contributed by atoms with Crippen molar-refractivity contribution in [3.8, 4) is 0 Å². The molecule has 1 nitrogen and oxygen atoms in total. The maximum atomic E-state index is 13.8. The van der Waals surface area contributed by atoms with Crippen LogP contribution in [0, 0.1) is 11.6 Å². The van der Waals surface area contributed by atoms with Gasteiger partial charge in [0.1, 0.15) is 11.6 Å². The van der Waals surface area contributed by atoms with Gasteiger partial charge in [-0.15, -0.1) is 0 Å². The normalized spacial score (nSPS) is 14.0. The van der Waals surface area contributed by atoms with Gasteiger partial charge in [0, 0.05) is 27.7 Å². The molecule has 2 unspecified atom stereocenters. The van der Waals surface area contributed by atoms with Crippen LogP contribution in [0.15, 0.2) is 36.4 Å². The summed E-state index contributed by atoms with van der Waals surface area (Å²) in [4.78, 5) is 0. The number of hydrogen-bond acceptors (Lipinski definition) is 1. The molecular weight excluding hydrogens is 315 g/mol. The summed E-state index contributed by atoms with van der Waals surface area (Å²) in [7, 11) is 0. The molecule has 0 aromatic heterocycles. The van der Waals surface area contributed by atoms with Crippen LogP contribution < -0.4 is 5.32 Å². The van der Waals surface area contributed by atoms with Gasteiger partial charge in [0.2, 0.25) is 0 Å². The molecule has 2 rings (SSSR count). The highest BCUT2D eigenvalue weighted by molar-refractivity contribution is 6.33. The quantitative estimate of drug-likeness (QED) is 0.760. The molecule has 5 heteroatoms. The van der Waals surface area contributed by atoms with Crippen LogP contribution in [-0.4, -0.2) is 0 Å². The fourth-order valence-electron chi connectivity index (χ4n) is 2.32. The molecule has 2 aromatic carbocycles. The second-order valence-electron chi connectivity index (χ2n) is 4.91. The van der Waals surface area contributed by atoms with Crippen molar-refractivity contribution >= 4 is 23.2 Å². The summed E-state index contributed by atoms with van der Waals surface area (Å²) in [6, 6.07) is 8.26. The second kappa shape index (κ2) is 6.73. The molecule has 0 aliphatic carbocycles. The van der Waals surface area contributed by atoms with Crippen LogP contribution in [0.2, 0.25) is 10.0 Å². The lowest BCUT2D eigenvalue weighted by atomic mass is 10.0. The van der Waals surface area contributed by atoms with E-state index in [-0.39, 0.29) is 11.6 Å². The Kier molecular flexibility index (Phi) is 5.20. The van der Waals surface area contributed by atoms with Gasteiger partial charge in [-0.3, -0.25) is 0 Å². The van der Waals surface area contributed by atoms with E-state index in [0.29, 0.717) is 10.0 Å². The number of halogens is 4. The molecule has 0 heterocycles. The summed E-state index contributed by atoms with van der Waals surface area (Å²) < 4.78 is 27.5. The van der Waals surface area contributed by atoms with Crippen LogP contribution >= 0.6 is 23.2 Å². The van der Waals surface area contributed by atoms with Crippen molar-refractivity contribution in [3.05, 3.63) is 69.2 Å². The highest BCUT2D eigenvalue weighted by Gasteiger charge is 2.19. The van der Waals surface area contributed by atoms with Gasteiger partial charge >= 0.3 is 0 Å². The highest BCUT2D eigenvalue weighted by Crippen LogP contribution is 2.29. The summed E-state index contributed by atoms with van der Waals surface area (Å²) in [6.45, 7) is 3.57. The molecule has 0 bridgehead atoms. The third-order valence-electron chi connectivity index (χ3n) is 3.36. The second-order valence-corrected chi connectivity index (χ2v) is 5.75. The Labute approximate surface area is 132 Å². The van der Waals surface area contributed by atoms with E-state index in [9.17, 15) is 8.78 Å². The summed E-state index contributed by atoms with van der Waals surface area (Å²) in [5.74, 6) is -1.14. The summed E-state index contributed by atoms with van der Waals surface area (Å²) in [5, 5.41) is 4.26. The third kappa shape index (κ3) is 3.73. The zero-order valence-electron chi connectivity index (χ0n) is 11.6. The first kappa shape index (κ1) is 16.2. The molecule has 0 aliphatic heterocycles. The van der Waals surface area contributed by atoms with Crippen molar-refractivity contribution in [1.82, 2.24) is 5.32 Å². The summed E-state index contributed by atoms with van der Waals surface area (Å²) in [6.07, 6.45) is 0. The van der Waals surface area contributed by atoms with E-state index >= 15 is 0 Å². The largest absolute Gasteiger partial charge is 0.303 e. The van der Waals surface area contributed by atoms with Crippen LogP contribution in [0.4, 0.5) is 8.78 Å². The summed E-state index contributed by atoms with van der Waals surface area (Å²) in [5.41, 5.74) is 0.801. The molecule has 1 N–H and O–H groups in total. The van der Waals surface area contributed by atoms with E-state index in [1.807, 2.05) is 6.92 Å². The third-order valence-corrected chi connectivity index (χ3v) is 3.94. The standard InChI is InChI=1S/C16H15Cl2F2N/c1-9(12-8-11(17)6-7-13(12)18)21-10(2)16-14(19)4-3-5-15(16)20/h3-10,21H,1-2H3. The van der Waals surface area contributed by atoms with Gasteiger partial charge < -0.3 is 5.32 Å². The SMILES string of the molecule is CC(NC(C)c1c(F)cccc1F)c1cc(Cl)ccc1Cl. The molecule has 0 aliphatic rings. The monoisotopic (exact) mass is 329 g/mol. The smallest absolute Gasteiger partial charge is 0.130 e. The molecular formula is C16H15Cl2F2N. The topological polar surface area (TPSA) is 12.0 Å². The Morgan fingerprint density at radius 1 is 0.952 bits per heavy atom. The van der Waals surface area contributed by atoms with Gasteiger partial charge in [0.05, 0.1) is 0 Å². The predicted octanol–water partition coefficient (Wildman–Crippen LogP) is 5.68. The van der Waals surface area contributed by atoms with Gasteiger partial charge in [-0.2, -0.15) is 0 Å². The first-order valence-electron chi connectivity index (χ1n) is 6.55. The van der Waals surface area contributed by atoms with Gasteiger partial charge in [-0.25, -0.2) is 8.78 Å². The van der Waals surface area contributed by atoms with Crippen LogP contribution in [0.1, 0.15) is 37.1 Å². The molecule has 0 saturated heterocycles. The van der Waals surface area contributed by atoms with Crippen LogP contribution in [0.5, 0.6) is 0 Å². The van der Waals surface area contributed by atoms with Gasteiger partial charge in [0.25, 0.3) is 0 Å². The molecule has 21 heavy (non-hydrogen) atoms. The molecule has 0 spiro atoms. The number of benzene rings is 2. The molecule has 2 atom stereocenters. The maximum absolute atomic E-state index is 13.8. The molecule has 2 aromatic rings. The average molecular weight is 330 g/mol. The molecule has 0 amide bonds. The minimum atomic E-state index is -0.570. The van der Waals surface area contributed by atoms with E-state index in [0.717, 1.165) is 5.56 Å². The van der Waals surface area contributed by atoms with E-state index in [1.54, 1.807) is 25.1 Å².